The number of phenolic OH excluding ortho intramolecular Hbond substituents is 2. The minimum absolute atomic E-state index is 0.187. The molecule has 0 aliphatic heterocycles. The number of aromatic hydroxyl groups is 2. The monoisotopic (exact) mass is 866 g/mol. The van der Waals surface area contributed by atoms with E-state index < -0.39 is 36.8 Å². The molecule has 0 saturated heterocycles. The van der Waals surface area contributed by atoms with Gasteiger partial charge < -0.3 is 15.3 Å². The van der Waals surface area contributed by atoms with Crippen LogP contribution in [0.15, 0.2) is 122 Å². The number of hydrogen-bond acceptors (Lipinski definition) is 3. The van der Waals surface area contributed by atoms with Crippen LogP contribution in [0.3, 0.4) is 0 Å². The highest BCUT2D eigenvalue weighted by molar-refractivity contribution is 5.93. The molecule has 0 bridgehead atoms. The molecule has 3 N–H and O–H groups in total. The fourth-order valence-corrected chi connectivity index (χ4v) is 8.30. The zero-order chi connectivity index (χ0) is 45.6. The Bertz CT molecular complexity index is 2420. The third-order valence-electron chi connectivity index (χ3n) is 11.8. The Hall–Kier alpha value is -5.70. The lowest BCUT2D eigenvalue weighted by Crippen LogP contribution is -2.36. The summed E-state index contributed by atoms with van der Waals surface area (Å²) in [5, 5.41) is 33.6. The summed E-state index contributed by atoms with van der Waals surface area (Å²) in [6.07, 6.45) is 3.75. The third kappa shape index (κ3) is 13.6. The molecule has 6 rings (SSSR count). The van der Waals surface area contributed by atoms with Crippen LogP contribution in [0.25, 0.3) is 43.8 Å². The number of carboxylic acids is 1. The Morgan fingerprint density at radius 2 is 1.08 bits per heavy atom. The van der Waals surface area contributed by atoms with E-state index in [-0.39, 0.29) is 24.3 Å². The summed E-state index contributed by atoms with van der Waals surface area (Å²) in [7, 11) is 0. The van der Waals surface area contributed by atoms with E-state index in [0.717, 1.165) is 79.7 Å². The summed E-state index contributed by atoms with van der Waals surface area (Å²) in [5.41, 5.74) is 9.87. The number of allylic oxidation sites excluding steroid dienone is 1. The van der Waals surface area contributed by atoms with E-state index in [2.05, 4.69) is 81.1 Å². The largest absolute Gasteiger partial charge is 0.508 e. The first-order valence-corrected chi connectivity index (χ1v) is 22.0. The number of alkyl halides is 5. The lowest BCUT2D eigenvalue weighted by molar-refractivity contribution is -0.284. The molecule has 0 spiro atoms. The maximum Gasteiger partial charge on any atom is 0.453 e. The van der Waals surface area contributed by atoms with Crippen LogP contribution < -0.4 is 0 Å². The van der Waals surface area contributed by atoms with Crippen LogP contribution in [-0.2, 0) is 17.6 Å². The number of unbranched alkanes of at least 4 members (excludes halogenated alkanes) is 7. The highest BCUT2D eigenvalue weighted by Crippen LogP contribution is 2.40. The number of hydrogen-bond donors (Lipinski definition) is 3. The van der Waals surface area contributed by atoms with Crippen molar-refractivity contribution in [1.29, 1.82) is 0 Å². The Labute approximate surface area is 368 Å². The van der Waals surface area contributed by atoms with Gasteiger partial charge in [0.05, 0.1) is 5.92 Å². The second-order valence-electron chi connectivity index (χ2n) is 16.7. The SMILES string of the molecule is C=CCc1c(-c2ccc(C)cc2)ccc2cc(C)ccc12.O=C(O)C(CCCCCCCCCCc1c(-c2ccc(O)cc2)ccc2cc(O)ccc12)CCCC(F)(F)C(F)(F)F. The zero-order valence-electron chi connectivity index (χ0n) is 36.3. The van der Waals surface area contributed by atoms with Crippen LogP contribution >= 0.6 is 0 Å². The quantitative estimate of drug-likeness (QED) is 0.0406. The van der Waals surface area contributed by atoms with Gasteiger partial charge in [0, 0.05) is 6.42 Å². The number of fused-ring (bicyclic) bond motifs is 2. The van der Waals surface area contributed by atoms with Crippen LogP contribution in [0, 0.1) is 19.8 Å². The van der Waals surface area contributed by atoms with Gasteiger partial charge in [0.25, 0.3) is 0 Å². The highest BCUT2D eigenvalue weighted by Gasteiger charge is 2.56. The van der Waals surface area contributed by atoms with E-state index in [9.17, 15) is 42.1 Å². The normalized spacial score (nSPS) is 12.2. The number of rotatable bonds is 20. The fraction of sp³-hybridized carbons (Fsp3) is 0.352. The van der Waals surface area contributed by atoms with Gasteiger partial charge in [0.1, 0.15) is 11.5 Å². The van der Waals surface area contributed by atoms with Crippen molar-refractivity contribution < 1.29 is 42.1 Å². The zero-order valence-corrected chi connectivity index (χ0v) is 36.3. The number of aliphatic carboxylic acids is 1. The lowest BCUT2D eigenvalue weighted by atomic mass is 9.90. The van der Waals surface area contributed by atoms with Gasteiger partial charge in [0.15, 0.2) is 0 Å². The van der Waals surface area contributed by atoms with Crippen molar-refractivity contribution in [3.05, 3.63) is 144 Å². The molecule has 0 aromatic heterocycles. The third-order valence-corrected chi connectivity index (χ3v) is 11.8. The first-order chi connectivity index (χ1) is 30.1. The van der Waals surface area contributed by atoms with E-state index >= 15 is 0 Å². The first-order valence-electron chi connectivity index (χ1n) is 22.0. The number of halogens is 5. The maximum absolute atomic E-state index is 13.1. The van der Waals surface area contributed by atoms with Crippen molar-refractivity contribution in [2.75, 3.05) is 0 Å². The Balaban J connectivity index is 0.000000295. The summed E-state index contributed by atoms with van der Waals surface area (Å²) in [6, 6.07) is 36.5. The molecule has 6 aromatic carbocycles. The van der Waals surface area contributed by atoms with Gasteiger partial charge in [0.2, 0.25) is 0 Å². The second-order valence-corrected chi connectivity index (χ2v) is 16.7. The van der Waals surface area contributed by atoms with Gasteiger partial charge in [-0.15, -0.1) is 6.58 Å². The molecule has 0 fully saturated rings. The molecule has 0 aliphatic carbocycles. The molecule has 0 heterocycles. The van der Waals surface area contributed by atoms with Gasteiger partial charge >= 0.3 is 18.1 Å². The standard InChI is InChI=1S/C33H39F5O4.C21H20/c34-32(35,33(36,37)38)21-9-11-24(31(41)42)10-7-5-3-1-2-4-6-8-12-30-28(23-13-16-26(39)17-14-23)19-15-25-22-27(40)18-20-29(25)30;1-4-5-21-19(17-9-6-15(2)7-10-17)13-11-18-14-16(3)8-12-20(18)21/h13-20,22,24,39-40H,1-12,21H2,(H,41,42);4,6-14H,1,5H2,2-3H3. The number of carboxylic acid groups (broad SMARTS) is 1. The van der Waals surface area contributed by atoms with Crippen LogP contribution in [0.2, 0.25) is 0 Å². The molecule has 0 amide bonds. The van der Waals surface area contributed by atoms with Gasteiger partial charge in [-0.25, -0.2) is 0 Å². The number of carbonyl (C=O) groups is 1. The van der Waals surface area contributed by atoms with E-state index in [1.54, 1.807) is 24.3 Å². The number of phenols is 2. The Morgan fingerprint density at radius 1 is 0.587 bits per heavy atom. The average molecular weight is 867 g/mol. The van der Waals surface area contributed by atoms with E-state index in [4.69, 9.17) is 0 Å². The van der Waals surface area contributed by atoms with Crippen LogP contribution in [0.4, 0.5) is 22.0 Å². The molecule has 0 saturated carbocycles. The van der Waals surface area contributed by atoms with Crippen LogP contribution in [0.1, 0.15) is 99.3 Å². The molecule has 0 radical (unpaired) electrons. The topological polar surface area (TPSA) is 77.8 Å². The average Bonchev–Trinajstić information content (AvgIpc) is 3.24. The Kier molecular flexibility index (Phi) is 17.3. The molecule has 0 aliphatic rings. The molecular weight excluding hydrogens is 808 g/mol. The van der Waals surface area contributed by atoms with Gasteiger partial charge in [-0.05, 0) is 132 Å². The molecule has 63 heavy (non-hydrogen) atoms. The highest BCUT2D eigenvalue weighted by atomic mass is 19.4. The predicted octanol–water partition coefficient (Wildman–Crippen LogP) is 15.9. The van der Waals surface area contributed by atoms with Crippen LogP contribution in [-0.4, -0.2) is 33.4 Å². The van der Waals surface area contributed by atoms with Crippen molar-refractivity contribution in [2.45, 2.75) is 116 Å². The predicted molar refractivity (Wildman–Crippen MR) is 247 cm³/mol. The fourth-order valence-electron chi connectivity index (χ4n) is 8.30. The van der Waals surface area contributed by atoms with E-state index in [1.807, 2.05) is 30.3 Å². The summed E-state index contributed by atoms with van der Waals surface area (Å²) in [6.45, 7) is 8.19. The molecule has 334 valence electrons. The minimum atomic E-state index is -5.61. The molecule has 1 atom stereocenters. The van der Waals surface area contributed by atoms with Gasteiger partial charge in [-0.3, -0.25) is 4.79 Å². The summed E-state index contributed by atoms with van der Waals surface area (Å²) >= 11 is 0. The Morgan fingerprint density at radius 3 is 1.68 bits per heavy atom. The van der Waals surface area contributed by atoms with Crippen molar-refractivity contribution in [1.82, 2.24) is 0 Å². The number of aryl methyl sites for hydroxylation is 3. The molecule has 6 aromatic rings. The smallest absolute Gasteiger partial charge is 0.453 e. The van der Waals surface area contributed by atoms with Crippen molar-refractivity contribution in [3.8, 4) is 33.8 Å². The van der Waals surface area contributed by atoms with Crippen molar-refractivity contribution >= 4 is 27.5 Å². The number of benzene rings is 6. The van der Waals surface area contributed by atoms with Crippen molar-refractivity contribution in [2.24, 2.45) is 5.92 Å². The second kappa shape index (κ2) is 22.6. The minimum Gasteiger partial charge on any atom is -0.508 e. The van der Waals surface area contributed by atoms with Gasteiger partial charge in [-0.1, -0.05) is 147 Å². The molecule has 9 heteroatoms. The molecule has 1 unspecified atom stereocenters. The molecule has 4 nitrogen and oxygen atoms in total. The van der Waals surface area contributed by atoms with Gasteiger partial charge in [-0.2, -0.15) is 22.0 Å². The summed E-state index contributed by atoms with van der Waals surface area (Å²) in [5.74, 6) is -6.42. The summed E-state index contributed by atoms with van der Waals surface area (Å²) < 4.78 is 63.0. The van der Waals surface area contributed by atoms with Crippen LogP contribution in [0.5, 0.6) is 11.5 Å². The van der Waals surface area contributed by atoms with E-state index in [1.165, 1.54) is 44.2 Å². The van der Waals surface area contributed by atoms with Crippen molar-refractivity contribution in [3.63, 3.8) is 0 Å². The molecular formula is C54H59F5O4. The lowest BCUT2D eigenvalue weighted by Gasteiger charge is -2.20. The summed E-state index contributed by atoms with van der Waals surface area (Å²) in [4.78, 5) is 11.4. The maximum atomic E-state index is 13.1. The van der Waals surface area contributed by atoms with E-state index in [0.29, 0.717) is 6.42 Å². The first kappa shape index (κ1) is 48.3.